The summed E-state index contributed by atoms with van der Waals surface area (Å²) in [6, 6.07) is -0.162. The van der Waals surface area contributed by atoms with Crippen molar-refractivity contribution in [2.75, 3.05) is 19.6 Å². The van der Waals surface area contributed by atoms with E-state index in [1.54, 1.807) is 0 Å². The van der Waals surface area contributed by atoms with Crippen LogP contribution < -0.4 is 5.32 Å². The summed E-state index contributed by atoms with van der Waals surface area (Å²) < 4.78 is 0. The van der Waals surface area contributed by atoms with Crippen molar-refractivity contribution in [3.63, 3.8) is 0 Å². The summed E-state index contributed by atoms with van der Waals surface area (Å²) in [7, 11) is 0. The van der Waals surface area contributed by atoms with Crippen LogP contribution in [0.3, 0.4) is 0 Å². The number of nitrogens with zero attached hydrogens (tertiary/aromatic N) is 1. The summed E-state index contributed by atoms with van der Waals surface area (Å²) in [4.78, 5) is 24.6. The molecule has 1 heterocycles. The molecule has 14 heavy (non-hydrogen) atoms. The summed E-state index contributed by atoms with van der Waals surface area (Å²) in [6.45, 7) is 5.69. The number of amides is 1. The molecule has 0 aliphatic carbocycles. The molecule has 1 amide bonds. The highest BCUT2D eigenvalue weighted by atomic mass is 16.2. The van der Waals surface area contributed by atoms with Crippen LogP contribution in [0.1, 0.15) is 26.7 Å². The molecular weight excluding hydrogens is 180 g/mol. The zero-order valence-electron chi connectivity index (χ0n) is 8.88. The molecule has 1 rings (SSSR count). The lowest BCUT2D eigenvalue weighted by molar-refractivity contribution is -0.130. The van der Waals surface area contributed by atoms with Crippen LogP contribution in [0.2, 0.25) is 0 Å². The Morgan fingerprint density at radius 2 is 2.36 bits per heavy atom. The summed E-state index contributed by atoms with van der Waals surface area (Å²) in [6.07, 6.45) is 1.50. The van der Waals surface area contributed by atoms with Crippen LogP contribution in [0.5, 0.6) is 0 Å². The third-order valence-corrected chi connectivity index (χ3v) is 2.53. The molecule has 0 aromatic heterocycles. The molecule has 0 saturated carbocycles. The number of nitrogens with one attached hydrogen (secondary N) is 1. The van der Waals surface area contributed by atoms with Crippen LogP contribution in [-0.2, 0) is 9.59 Å². The molecule has 0 aromatic rings. The first kappa shape index (κ1) is 11.2. The van der Waals surface area contributed by atoms with E-state index in [0.717, 1.165) is 13.0 Å². The molecule has 4 heteroatoms. The third kappa shape index (κ3) is 2.80. The Labute approximate surface area is 84.7 Å². The molecule has 4 nitrogen and oxygen atoms in total. The Bertz CT molecular complexity index is 228. The van der Waals surface area contributed by atoms with E-state index in [4.69, 9.17) is 0 Å². The van der Waals surface area contributed by atoms with Gasteiger partial charge >= 0.3 is 0 Å². The molecule has 1 fully saturated rings. The first-order chi connectivity index (χ1) is 6.65. The molecule has 0 radical (unpaired) electrons. The minimum atomic E-state index is -0.162. The van der Waals surface area contributed by atoms with Crippen molar-refractivity contribution >= 4 is 11.7 Å². The highest BCUT2D eigenvalue weighted by molar-refractivity contribution is 5.84. The van der Waals surface area contributed by atoms with Gasteiger partial charge in [-0.2, -0.15) is 0 Å². The maximum Gasteiger partial charge on any atom is 0.237 e. The SMILES string of the molecule is CCCC(=O)CN1CCNC(=O)C1C. The monoisotopic (exact) mass is 198 g/mol. The Hall–Kier alpha value is -0.900. The quantitative estimate of drug-likeness (QED) is 0.701. The predicted octanol–water partition coefficient (Wildman–Crippen LogP) is 0.176. The number of hydrogen-bond donors (Lipinski definition) is 1. The van der Waals surface area contributed by atoms with E-state index in [2.05, 4.69) is 5.32 Å². The highest BCUT2D eigenvalue weighted by Crippen LogP contribution is 2.04. The van der Waals surface area contributed by atoms with Gasteiger partial charge in [-0.3, -0.25) is 14.5 Å². The van der Waals surface area contributed by atoms with Crippen molar-refractivity contribution in [3.8, 4) is 0 Å². The van der Waals surface area contributed by atoms with Gasteiger partial charge in [-0.05, 0) is 13.3 Å². The maximum absolute atomic E-state index is 11.4. The largest absolute Gasteiger partial charge is 0.353 e. The fraction of sp³-hybridized carbons (Fsp3) is 0.800. The zero-order valence-corrected chi connectivity index (χ0v) is 8.88. The van der Waals surface area contributed by atoms with E-state index < -0.39 is 0 Å². The molecule has 1 N–H and O–H groups in total. The Kier molecular flexibility index (Phi) is 4.07. The van der Waals surface area contributed by atoms with Crippen molar-refractivity contribution in [2.45, 2.75) is 32.7 Å². The van der Waals surface area contributed by atoms with E-state index in [1.165, 1.54) is 0 Å². The molecule has 1 atom stereocenters. The molecule has 1 saturated heterocycles. The van der Waals surface area contributed by atoms with Crippen LogP contribution >= 0.6 is 0 Å². The first-order valence-electron chi connectivity index (χ1n) is 5.18. The van der Waals surface area contributed by atoms with Gasteiger partial charge in [0.2, 0.25) is 5.91 Å². The van der Waals surface area contributed by atoms with E-state index in [1.807, 2.05) is 18.7 Å². The molecule has 1 aliphatic rings. The summed E-state index contributed by atoms with van der Waals surface area (Å²) in [5, 5.41) is 2.78. The van der Waals surface area contributed by atoms with E-state index >= 15 is 0 Å². The van der Waals surface area contributed by atoms with Gasteiger partial charge in [-0.25, -0.2) is 0 Å². The van der Waals surface area contributed by atoms with Gasteiger partial charge in [-0.15, -0.1) is 0 Å². The number of carbonyl (C=O) groups excluding carboxylic acids is 2. The minimum absolute atomic E-state index is 0.0283. The van der Waals surface area contributed by atoms with Crippen molar-refractivity contribution in [1.82, 2.24) is 10.2 Å². The van der Waals surface area contributed by atoms with Gasteiger partial charge in [0.25, 0.3) is 0 Å². The second-order valence-electron chi connectivity index (χ2n) is 3.73. The minimum Gasteiger partial charge on any atom is -0.353 e. The second-order valence-corrected chi connectivity index (χ2v) is 3.73. The Morgan fingerprint density at radius 1 is 1.64 bits per heavy atom. The summed E-state index contributed by atoms with van der Waals surface area (Å²) in [5.41, 5.74) is 0. The van der Waals surface area contributed by atoms with E-state index in [0.29, 0.717) is 19.5 Å². The predicted molar refractivity (Wildman–Crippen MR) is 54.0 cm³/mol. The molecule has 0 aromatic carbocycles. The third-order valence-electron chi connectivity index (χ3n) is 2.53. The number of Topliss-reactive ketones (excluding diaryl/α,β-unsaturated/α-hetero) is 1. The van der Waals surface area contributed by atoms with Crippen LogP contribution in [0.4, 0.5) is 0 Å². The average Bonchev–Trinajstić information content (AvgIpc) is 2.13. The van der Waals surface area contributed by atoms with E-state index in [-0.39, 0.29) is 17.7 Å². The molecule has 80 valence electrons. The summed E-state index contributed by atoms with van der Waals surface area (Å²) in [5.74, 6) is 0.259. The molecule has 1 aliphatic heterocycles. The first-order valence-corrected chi connectivity index (χ1v) is 5.18. The van der Waals surface area contributed by atoms with Crippen LogP contribution in [0.25, 0.3) is 0 Å². The average molecular weight is 198 g/mol. The summed E-state index contributed by atoms with van der Waals surface area (Å²) >= 11 is 0. The lowest BCUT2D eigenvalue weighted by Gasteiger charge is -2.31. The molecule has 0 bridgehead atoms. The lowest BCUT2D eigenvalue weighted by atomic mass is 10.1. The second kappa shape index (κ2) is 5.10. The number of rotatable bonds is 4. The van der Waals surface area contributed by atoms with Gasteiger partial charge < -0.3 is 5.32 Å². The normalized spacial score (nSPS) is 23.3. The highest BCUT2D eigenvalue weighted by Gasteiger charge is 2.26. The van der Waals surface area contributed by atoms with Crippen LogP contribution in [0.15, 0.2) is 0 Å². The van der Waals surface area contributed by atoms with Crippen LogP contribution in [0, 0.1) is 0 Å². The fourth-order valence-electron chi connectivity index (χ4n) is 1.63. The Morgan fingerprint density at radius 3 is 3.00 bits per heavy atom. The van der Waals surface area contributed by atoms with Gasteiger partial charge in [0.05, 0.1) is 12.6 Å². The topological polar surface area (TPSA) is 49.4 Å². The van der Waals surface area contributed by atoms with Gasteiger partial charge in [0, 0.05) is 19.5 Å². The fourth-order valence-corrected chi connectivity index (χ4v) is 1.63. The number of hydrogen-bond acceptors (Lipinski definition) is 3. The van der Waals surface area contributed by atoms with Crippen molar-refractivity contribution < 1.29 is 9.59 Å². The zero-order chi connectivity index (χ0) is 10.6. The number of piperazine rings is 1. The number of carbonyl (C=O) groups is 2. The van der Waals surface area contributed by atoms with Gasteiger partial charge in [0.15, 0.2) is 0 Å². The van der Waals surface area contributed by atoms with Gasteiger partial charge in [-0.1, -0.05) is 6.92 Å². The van der Waals surface area contributed by atoms with Gasteiger partial charge in [0.1, 0.15) is 5.78 Å². The lowest BCUT2D eigenvalue weighted by Crippen LogP contribution is -2.54. The molecule has 0 spiro atoms. The van der Waals surface area contributed by atoms with Crippen molar-refractivity contribution in [3.05, 3.63) is 0 Å². The Balaban J connectivity index is 2.43. The van der Waals surface area contributed by atoms with E-state index in [9.17, 15) is 9.59 Å². The molecule has 1 unspecified atom stereocenters. The van der Waals surface area contributed by atoms with Crippen molar-refractivity contribution in [2.24, 2.45) is 0 Å². The van der Waals surface area contributed by atoms with Crippen LogP contribution in [-0.4, -0.2) is 42.3 Å². The smallest absolute Gasteiger partial charge is 0.237 e. The standard InChI is InChI=1S/C10H18N2O2/c1-3-4-9(13)7-12-6-5-11-10(14)8(12)2/h8H,3-7H2,1-2H3,(H,11,14). The number of ketones is 1. The maximum atomic E-state index is 11.4. The molecular formula is C10H18N2O2. The van der Waals surface area contributed by atoms with Crippen molar-refractivity contribution in [1.29, 1.82) is 0 Å².